The number of likely N-dealkylation sites (N-methyl/N-ethyl adjacent to an activating group) is 1. The topological polar surface area (TPSA) is 21.3 Å². The van der Waals surface area contributed by atoms with Gasteiger partial charge in [-0.05, 0) is 43.5 Å². The van der Waals surface area contributed by atoms with Gasteiger partial charge in [0.2, 0.25) is 0 Å². The summed E-state index contributed by atoms with van der Waals surface area (Å²) in [5, 5.41) is 3.46. The molecule has 0 radical (unpaired) electrons. The van der Waals surface area contributed by atoms with Crippen LogP contribution in [0.25, 0.3) is 0 Å². The zero-order valence-electron chi connectivity index (χ0n) is 13.0. The molecule has 21 heavy (non-hydrogen) atoms. The maximum Gasteiger partial charge on any atom is 0.119 e. The molecule has 1 N–H and O–H groups in total. The third-order valence-corrected chi connectivity index (χ3v) is 3.63. The number of nitrogens with one attached hydrogen (secondary N) is 1. The minimum Gasteiger partial charge on any atom is -0.494 e. The van der Waals surface area contributed by atoms with Crippen molar-refractivity contribution < 1.29 is 4.74 Å². The second-order valence-electron chi connectivity index (χ2n) is 5.37. The molecule has 0 spiro atoms. The summed E-state index contributed by atoms with van der Waals surface area (Å²) in [4.78, 5) is 0. The van der Waals surface area contributed by atoms with Crippen LogP contribution in [0.3, 0.4) is 0 Å². The van der Waals surface area contributed by atoms with Gasteiger partial charge in [0.05, 0.1) is 6.61 Å². The minimum atomic E-state index is 0.494. The van der Waals surface area contributed by atoms with Crippen molar-refractivity contribution in [3.05, 3.63) is 65.7 Å². The molecular weight excluding hydrogens is 258 g/mol. The van der Waals surface area contributed by atoms with E-state index in [9.17, 15) is 0 Å². The van der Waals surface area contributed by atoms with Gasteiger partial charge in [-0.25, -0.2) is 0 Å². The number of aryl methyl sites for hydroxylation is 1. The molecule has 0 bridgehead atoms. The summed E-state index contributed by atoms with van der Waals surface area (Å²) in [5.41, 5.74) is 2.71. The highest BCUT2D eigenvalue weighted by Gasteiger charge is 2.11. The van der Waals surface area contributed by atoms with Gasteiger partial charge in [0.25, 0.3) is 0 Å². The highest BCUT2D eigenvalue weighted by Crippen LogP contribution is 2.21. The van der Waals surface area contributed by atoms with E-state index < -0.39 is 0 Å². The van der Waals surface area contributed by atoms with Crippen LogP contribution in [0.4, 0.5) is 0 Å². The molecule has 0 amide bonds. The van der Waals surface area contributed by atoms with Crippen molar-refractivity contribution in [1.29, 1.82) is 0 Å². The fourth-order valence-electron chi connectivity index (χ4n) is 2.46. The highest BCUT2D eigenvalue weighted by atomic mass is 16.5. The average molecular weight is 283 g/mol. The summed E-state index contributed by atoms with van der Waals surface area (Å²) in [6.07, 6.45) is 1.02. The predicted octanol–water partition coefficient (Wildman–Crippen LogP) is 4.16. The van der Waals surface area contributed by atoms with Crippen LogP contribution >= 0.6 is 0 Å². The summed E-state index contributed by atoms with van der Waals surface area (Å²) in [6.45, 7) is 7.04. The van der Waals surface area contributed by atoms with Gasteiger partial charge in [-0.3, -0.25) is 0 Å². The van der Waals surface area contributed by atoms with Crippen LogP contribution in [0, 0.1) is 6.92 Å². The molecule has 0 aliphatic carbocycles. The third-order valence-electron chi connectivity index (χ3n) is 3.63. The molecule has 1 unspecified atom stereocenters. The molecule has 2 rings (SSSR count). The van der Waals surface area contributed by atoms with Crippen molar-refractivity contribution in [3.8, 4) is 5.75 Å². The zero-order chi connectivity index (χ0) is 14.9. The standard InChI is InChI=1S/C19H25NO/c1-3-20-15-18(17-9-7-8-16(2)14-17)12-13-21-19-10-5-4-6-11-19/h4-11,14,18,20H,3,12-13,15H2,1-2H3. The van der Waals surface area contributed by atoms with E-state index in [0.29, 0.717) is 5.92 Å². The highest BCUT2D eigenvalue weighted by molar-refractivity contribution is 5.26. The molecule has 0 aliphatic rings. The van der Waals surface area contributed by atoms with Gasteiger partial charge in [0, 0.05) is 6.54 Å². The fraction of sp³-hybridized carbons (Fsp3) is 0.368. The van der Waals surface area contributed by atoms with Crippen LogP contribution in [-0.4, -0.2) is 19.7 Å². The van der Waals surface area contributed by atoms with E-state index in [2.05, 4.69) is 43.4 Å². The van der Waals surface area contributed by atoms with Crippen LogP contribution in [0.5, 0.6) is 5.75 Å². The monoisotopic (exact) mass is 283 g/mol. The fourth-order valence-corrected chi connectivity index (χ4v) is 2.46. The maximum atomic E-state index is 5.84. The molecule has 112 valence electrons. The Balaban J connectivity index is 1.93. The molecule has 0 aromatic heterocycles. The van der Waals surface area contributed by atoms with Gasteiger partial charge in [0.15, 0.2) is 0 Å². The van der Waals surface area contributed by atoms with Gasteiger partial charge >= 0.3 is 0 Å². The third kappa shape index (κ3) is 5.24. The molecule has 2 nitrogen and oxygen atoms in total. The second-order valence-corrected chi connectivity index (χ2v) is 5.37. The first-order valence-electron chi connectivity index (χ1n) is 7.74. The van der Waals surface area contributed by atoms with E-state index >= 15 is 0 Å². The first-order valence-corrected chi connectivity index (χ1v) is 7.74. The number of benzene rings is 2. The average Bonchev–Trinajstić information content (AvgIpc) is 2.51. The Bertz CT molecular complexity index is 524. The van der Waals surface area contributed by atoms with Gasteiger partial charge in [-0.15, -0.1) is 0 Å². The number of ether oxygens (including phenoxy) is 1. The van der Waals surface area contributed by atoms with E-state index in [1.807, 2.05) is 30.3 Å². The Hall–Kier alpha value is -1.80. The van der Waals surface area contributed by atoms with Crippen molar-refractivity contribution in [2.24, 2.45) is 0 Å². The molecule has 0 heterocycles. The van der Waals surface area contributed by atoms with Crippen LogP contribution in [0.2, 0.25) is 0 Å². The van der Waals surface area contributed by atoms with Crippen LogP contribution < -0.4 is 10.1 Å². The maximum absolute atomic E-state index is 5.84. The molecular formula is C19H25NO. The SMILES string of the molecule is CCNCC(CCOc1ccccc1)c1cccc(C)c1. The molecule has 0 fully saturated rings. The number of hydrogen-bond donors (Lipinski definition) is 1. The minimum absolute atomic E-state index is 0.494. The van der Waals surface area contributed by atoms with E-state index in [4.69, 9.17) is 4.74 Å². The van der Waals surface area contributed by atoms with Gasteiger partial charge in [-0.1, -0.05) is 55.0 Å². The lowest BCUT2D eigenvalue weighted by atomic mass is 9.94. The van der Waals surface area contributed by atoms with E-state index in [1.165, 1.54) is 11.1 Å². The summed E-state index contributed by atoms with van der Waals surface area (Å²) in [5.74, 6) is 1.44. The Morgan fingerprint density at radius 2 is 1.86 bits per heavy atom. The van der Waals surface area contributed by atoms with Crippen LogP contribution in [-0.2, 0) is 0 Å². The van der Waals surface area contributed by atoms with Gasteiger partial charge in [0.1, 0.15) is 5.75 Å². The molecule has 2 heteroatoms. The quantitative estimate of drug-likeness (QED) is 0.785. The molecule has 1 atom stereocenters. The lowest BCUT2D eigenvalue weighted by molar-refractivity contribution is 0.295. The Morgan fingerprint density at radius 1 is 1.05 bits per heavy atom. The van der Waals surface area contributed by atoms with Crippen molar-refractivity contribution in [3.63, 3.8) is 0 Å². The molecule has 0 aliphatic heterocycles. The Labute approximate surface area is 128 Å². The molecule has 0 saturated carbocycles. The van der Waals surface area contributed by atoms with E-state index in [-0.39, 0.29) is 0 Å². The lowest BCUT2D eigenvalue weighted by Gasteiger charge is -2.18. The van der Waals surface area contributed by atoms with E-state index in [0.717, 1.165) is 31.9 Å². The number of para-hydroxylation sites is 1. The molecule has 2 aromatic carbocycles. The van der Waals surface area contributed by atoms with Crippen LogP contribution in [0.1, 0.15) is 30.4 Å². The summed E-state index contributed by atoms with van der Waals surface area (Å²) in [7, 11) is 0. The zero-order valence-corrected chi connectivity index (χ0v) is 13.0. The van der Waals surface area contributed by atoms with Crippen molar-refractivity contribution in [2.75, 3.05) is 19.7 Å². The lowest BCUT2D eigenvalue weighted by Crippen LogP contribution is -2.22. The first-order chi connectivity index (χ1) is 10.3. The Kier molecular flexibility index (Phi) is 6.29. The first kappa shape index (κ1) is 15.6. The largest absolute Gasteiger partial charge is 0.494 e. The van der Waals surface area contributed by atoms with Gasteiger partial charge in [-0.2, -0.15) is 0 Å². The summed E-state index contributed by atoms with van der Waals surface area (Å²) < 4.78 is 5.84. The molecule has 0 saturated heterocycles. The van der Waals surface area contributed by atoms with Crippen molar-refractivity contribution in [2.45, 2.75) is 26.2 Å². The van der Waals surface area contributed by atoms with Crippen molar-refractivity contribution in [1.82, 2.24) is 5.32 Å². The van der Waals surface area contributed by atoms with Gasteiger partial charge < -0.3 is 10.1 Å². The predicted molar refractivity (Wildman–Crippen MR) is 89.0 cm³/mol. The van der Waals surface area contributed by atoms with Crippen LogP contribution in [0.15, 0.2) is 54.6 Å². The number of rotatable bonds is 8. The molecule has 2 aromatic rings. The second kappa shape index (κ2) is 8.48. The Morgan fingerprint density at radius 3 is 2.57 bits per heavy atom. The summed E-state index contributed by atoms with van der Waals surface area (Å²) >= 11 is 0. The van der Waals surface area contributed by atoms with E-state index in [1.54, 1.807) is 0 Å². The smallest absolute Gasteiger partial charge is 0.119 e. The summed E-state index contributed by atoms with van der Waals surface area (Å²) in [6, 6.07) is 18.8. The van der Waals surface area contributed by atoms with Crippen molar-refractivity contribution >= 4 is 0 Å². The number of hydrogen-bond acceptors (Lipinski definition) is 2. The normalized spacial score (nSPS) is 12.1.